The van der Waals surface area contributed by atoms with Crippen LogP contribution in [0.5, 0.6) is 5.75 Å². The van der Waals surface area contributed by atoms with Crippen molar-refractivity contribution in [2.24, 2.45) is 7.05 Å². The van der Waals surface area contributed by atoms with Crippen molar-refractivity contribution < 1.29 is 19.1 Å². The Morgan fingerprint density at radius 1 is 1.26 bits per heavy atom. The van der Waals surface area contributed by atoms with Gasteiger partial charge in [0.1, 0.15) is 17.4 Å². The summed E-state index contributed by atoms with van der Waals surface area (Å²) in [5.74, 6) is 0.371. The Morgan fingerprint density at radius 3 is 2.74 bits per heavy atom. The van der Waals surface area contributed by atoms with Gasteiger partial charge >= 0.3 is 5.97 Å². The normalized spacial score (nSPS) is 10.7. The molecule has 2 aromatic heterocycles. The predicted molar refractivity (Wildman–Crippen MR) is 122 cm³/mol. The molecule has 0 aliphatic carbocycles. The number of thiophene rings is 1. The number of ether oxygens (including phenoxy) is 2. The summed E-state index contributed by atoms with van der Waals surface area (Å²) in [4.78, 5) is 25.1. The minimum absolute atomic E-state index is 0.0907. The number of methoxy groups -OCH3 is 1. The maximum absolute atomic E-state index is 12.4. The smallest absolute Gasteiger partial charge is 0.340 e. The second kappa shape index (κ2) is 10.4. The van der Waals surface area contributed by atoms with E-state index in [9.17, 15) is 9.59 Å². The highest BCUT2D eigenvalue weighted by Crippen LogP contribution is 2.29. The Labute approximate surface area is 196 Å². The van der Waals surface area contributed by atoms with Crippen molar-refractivity contribution in [1.82, 2.24) is 14.8 Å². The minimum atomic E-state index is -0.494. The zero-order valence-electron chi connectivity index (χ0n) is 16.8. The third kappa shape index (κ3) is 5.91. The summed E-state index contributed by atoms with van der Waals surface area (Å²) in [6.07, 6.45) is 0. The summed E-state index contributed by atoms with van der Waals surface area (Å²) < 4.78 is 12.2. The van der Waals surface area contributed by atoms with E-state index in [1.165, 1.54) is 30.2 Å². The highest BCUT2D eigenvalue weighted by Gasteiger charge is 2.18. The molecule has 0 spiro atoms. The summed E-state index contributed by atoms with van der Waals surface area (Å²) >= 11 is 14.5. The lowest BCUT2D eigenvalue weighted by molar-refractivity contribution is -0.113. The number of aromatic nitrogens is 3. The third-order valence-corrected chi connectivity index (χ3v) is 6.54. The Morgan fingerprint density at radius 2 is 2.03 bits per heavy atom. The van der Waals surface area contributed by atoms with Crippen molar-refractivity contribution in [3.8, 4) is 5.75 Å². The van der Waals surface area contributed by atoms with E-state index < -0.39 is 5.97 Å². The van der Waals surface area contributed by atoms with Crippen LogP contribution in [0.3, 0.4) is 0 Å². The van der Waals surface area contributed by atoms with E-state index in [-0.39, 0.29) is 18.3 Å². The third-order valence-electron chi connectivity index (χ3n) is 4.02. The van der Waals surface area contributed by atoms with Crippen molar-refractivity contribution in [1.29, 1.82) is 0 Å². The molecule has 2 heterocycles. The second-order valence-corrected chi connectivity index (χ2v) is 9.29. The number of thioether (sulfide) groups is 1. The molecule has 0 saturated heterocycles. The predicted octanol–water partition coefficient (Wildman–Crippen LogP) is 4.59. The Hall–Kier alpha value is -2.27. The molecule has 164 valence electrons. The molecule has 1 N–H and O–H groups in total. The molecule has 0 atom stereocenters. The molecule has 0 unspecified atom stereocenters. The highest BCUT2D eigenvalue weighted by atomic mass is 35.5. The molecule has 8 nitrogen and oxygen atoms in total. The van der Waals surface area contributed by atoms with Gasteiger partial charge < -0.3 is 19.4 Å². The fraction of sp³-hybridized carbons (Fsp3) is 0.263. The molecule has 1 aromatic carbocycles. The van der Waals surface area contributed by atoms with E-state index >= 15 is 0 Å². The molecule has 31 heavy (non-hydrogen) atoms. The van der Waals surface area contributed by atoms with E-state index in [4.69, 9.17) is 32.7 Å². The monoisotopic (exact) mass is 500 g/mol. The van der Waals surface area contributed by atoms with Crippen LogP contribution in [-0.4, -0.2) is 39.5 Å². The standard InChI is InChI=1S/C19H18Cl2N4O4S2/c1-10-6-12(18(27)28-3)17(31-10)22-16(26)9-30-19-24-23-15(25(19)2)8-29-14-5-4-11(20)7-13(14)21/h4-7H,8-9H2,1-3H3,(H,22,26). The summed E-state index contributed by atoms with van der Waals surface area (Å²) in [5, 5.41) is 12.9. The van der Waals surface area contributed by atoms with E-state index in [0.29, 0.717) is 37.3 Å². The first kappa shape index (κ1) is 23.4. The number of esters is 1. The number of benzene rings is 1. The first-order valence-corrected chi connectivity index (χ1v) is 11.4. The van der Waals surface area contributed by atoms with Gasteiger partial charge in [-0.05, 0) is 31.2 Å². The van der Waals surface area contributed by atoms with Crippen LogP contribution >= 0.6 is 46.3 Å². The first-order chi connectivity index (χ1) is 14.8. The molecular weight excluding hydrogens is 483 g/mol. The van der Waals surface area contributed by atoms with Gasteiger partial charge in [-0.2, -0.15) is 0 Å². The number of nitrogens with one attached hydrogen (secondary N) is 1. The topological polar surface area (TPSA) is 95.3 Å². The largest absolute Gasteiger partial charge is 0.484 e. The molecule has 3 aromatic rings. The lowest BCUT2D eigenvalue weighted by Gasteiger charge is -2.08. The van der Waals surface area contributed by atoms with Crippen molar-refractivity contribution in [3.63, 3.8) is 0 Å². The van der Waals surface area contributed by atoms with E-state index in [1.807, 2.05) is 6.92 Å². The quantitative estimate of drug-likeness (QED) is 0.356. The van der Waals surface area contributed by atoms with Crippen LogP contribution in [0.25, 0.3) is 0 Å². The van der Waals surface area contributed by atoms with Gasteiger partial charge in [0.25, 0.3) is 0 Å². The number of rotatable bonds is 8. The van der Waals surface area contributed by atoms with Crippen LogP contribution in [0.4, 0.5) is 5.00 Å². The van der Waals surface area contributed by atoms with Crippen molar-refractivity contribution >= 4 is 63.2 Å². The summed E-state index contributed by atoms with van der Waals surface area (Å²) in [5.41, 5.74) is 0.335. The zero-order valence-corrected chi connectivity index (χ0v) is 19.9. The maximum Gasteiger partial charge on any atom is 0.340 e. The number of nitrogens with zero attached hydrogens (tertiary/aromatic N) is 3. The van der Waals surface area contributed by atoms with E-state index in [2.05, 4.69) is 15.5 Å². The Bertz CT molecular complexity index is 1120. The van der Waals surface area contributed by atoms with Gasteiger partial charge in [-0.25, -0.2) is 4.79 Å². The SMILES string of the molecule is COC(=O)c1cc(C)sc1NC(=O)CSc1nnc(COc2ccc(Cl)cc2Cl)n1C. The molecule has 0 radical (unpaired) electrons. The molecule has 0 bridgehead atoms. The minimum Gasteiger partial charge on any atom is -0.484 e. The molecule has 0 fully saturated rings. The van der Waals surface area contributed by atoms with Crippen molar-refractivity contribution in [2.75, 3.05) is 18.2 Å². The van der Waals surface area contributed by atoms with Crippen LogP contribution in [0.1, 0.15) is 21.1 Å². The fourth-order valence-corrected chi connectivity index (χ4v) is 4.60. The van der Waals surface area contributed by atoms with Gasteiger partial charge in [0, 0.05) is 16.9 Å². The van der Waals surface area contributed by atoms with Gasteiger partial charge in [0.05, 0.1) is 23.4 Å². The average molecular weight is 501 g/mol. The lowest BCUT2D eigenvalue weighted by Crippen LogP contribution is -2.16. The highest BCUT2D eigenvalue weighted by molar-refractivity contribution is 7.99. The molecule has 0 aliphatic rings. The zero-order chi connectivity index (χ0) is 22.5. The van der Waals surface area contributed by atoms with Gasteiger partial charge in [-0.15, -0.1) is 21.5 Å². The van der Waals surface area contributed by atoms with Gasteiger partial charge in [0.2, 0.25) is 5.91 Å². The fourth-order valence-electron chi connectivity index (χ4n) is 2.49. The second-order valence-electron chi connectivity index (χ2n) is 6.25. The number of amides is 1. The molecule has 3 rings (SSSR count). The molecule has 0 saturated carbocycles. The summed E-state index contributed by atoms with van der Waals surface area (Å²) in [6.45, 7) is 2.00. The van der Waals surface area contributed by atoms with Gasteiger partial charge in [-0.3, -0.25) is 4.79 Å². The summed E-state index contributed by atoms with van der Waals surface area (Å²) in [6, 6.07) is 6.63. The van der Waals surface area contributed by atoms with Crippen LogP contribution in [0.2, 0.25) is 10.0 Å². The first-order valence-electron chi connectivity index (χ1n) is 8.86. The molecular formula is C19H18Cl2N4O4S2. The van der Waals surface area contributed by atoms with Crippen molar-refractivity contribution in [3.05, 3.63) is 50.6 Å². The number of carbonyl (C=O) groups is 2. The van der Waals surface area contributed by atoms with Crippen LogP contribution < -0.4 is 10.1 Å². The van der Waals surface area contributed by atoms with Gasteiger partial charge in [0.15, 0.2) is 11.0 Å². The van der Waals surface area contributed by atoms with E-state index in [0.717, 1.165) is 4.88 Å². The number of carbonyl (C=O) groups excluding carboxylic acids is 2. The van der Waals surface area contributed by atoms with Crippen LogP contribution in [0, 0.1) is 6.92 Å². The van der Waals surface area contributed by atoms with Crippen LogP contribution in [0.15, 0.2) is 29.4 Å². The molecule has 0 aliphatic heterocycles. The van der Waals surface area contributed by atoms with Crippen LogP contribution in [-0.2, 0) is 23.2 Å². The average Bonchev–Trinajstić information content (AvgIpc) is 3.27. The lowest BCUT2D eigenvalue weighted by atomic mass is 10.3. The Kier molecular flexibility index (Phi) is 7.82. The molecule has 12 heteroatoms. The number of aryl methyl sites for hydroxylation is 1. The number of anilines is 1. The summed E-state index contributed by atoms with van der Waals surface area (Å²) in [7, 11) is 3.08. The maximum atomic E-state index is 12.4. The Balaban J connectivity index is 1.57. The van der Waals surface area contributed by atoms with Crippen molar-refractivity contribution in [2.45, 2.75) is 18.7 Å². The van der Waals surface area contributed by atoms with Gasteiger partial charge in [-0.1, -0.05) is 35.0 Å². The number of hydrogen-bond donors (Lipinski definition) is 1. The molecule has 1 amide bonds. The number of halogens is 2. The number of hydrogen-bond acceptors (Lipinski definition) is 8. The van der Waals surface area contributed by atoms with E-state index in [1.54, 1.807) is 35.9 Å².